The maximum atomic E-state index is 13.2. The molecule has 1 fully saturated rings. The highest BCUT2D eigenvalue weighted by Gasteiger charge is 2.54. The van der Waals surface area contributed by atoms with Crippen LogP contribution < -0.4 is 9.47 Å². The molecule has 1 aromatic carbocycles. The van der Waals surface area contributed by atoms with Gasteiger partial charge in [0.05, 0.1) is 17.6 Å². The lowest BCUT2D eigenvalue weighted by Crippen LogP contribution is -2.41. The molecule has 6 nitrogen and oxygen atoms in total. The minimum Gasteiger partial charge on any atom is -0.481 e. The van der Waals surface area contributed by atoms with Gasteiger partial charge in [0, 0.05) is 5.82 Å². The third-order valence-electron chi connectivity index (χ3n) is 4.85. The highest BCUT2D eigenvalue weighted by atomic mass is 19.3. The molecule has 0 aliphatic carbocycles. The maximum absolute atomic E-state index is 13.2. The van der Waals surface area contributed by atoms with Crippen molar-refractivity contribution in [3.05, 3.63) is 23.8 Å². The maximum Gasteiger partial charge on any atom is 0.586 e. The number of benzene rings is 1. The molecule has 0 spiro atoms. The van der Waals surface area contributed by atoms with Crippen molar-refractivity contribution in [3.63, 3.8) is 0 Å². The third-order valence-corrected chi connectivity index (χ3v) is 4.85. The molecule has 0 radical (unpaired) electrons. The average Bonchev–Trinajstić information content (AvgIpc) is 2.86. The van der Waals surface area contributed by atoms with Gasteiger partial charge in [-0.25, -0.2) is 0 Å². The van der Waals surface area contributed by atoms with Crippen LogP contribution in [0.1, 0.15) is 45.5 Å². The van der Waals surface area contributed by atoms with Crippen molar-refractivity contribution in [2.45, 2.75) is 57.4 Å². The minimum atomic E-state index is -3.73. The lowest BCUT2D eigenvalue weighted by atomic mass is 9.66. The van der Waals surface area contributed by atoms with Crippen LogP contribution in [0.4, 0.5) is 8.78 Å². The van der Waals surface area contributed by atoms with Gasteiger partial charge in [0.25, 0.3) is 0 Å². The molecular weight excluding hydrogens is 337 g/mol. The summed E-state index contributed by atoms with van der Waals surface area (Å²) < 4.78 is 47.1. The first-order chi connectivity index (χ1) is 11.4. The molecule has 2 heterocycles. The average molecular weight is 356 g/mol. The molecule has 1 N–H and O–H groups in total. The fraction of sp³-hybridized carbons (Fsp3) is 0.562. The second-order valence-corrected chi connectivity index (χ2v) is 7.20. The SMILES string of the molecule is CC1(C)OB(C(CC(=O)O)c2ccc3c(c2)OC(F)(F)O3)OC1(C)C. The summed E-state index contributed by atoms with van der Waals surface area (Å²) in [7, 11) is -0.831. The van der Waals surface area contributed by atoms with E-state index in [-0.39, 0.29) is 17.9 Å². The van der Waals surface area contributed by atoms with Gasteiger partial charge in [-0.1, -0.05) is 6.07 Å². The van der Waals surface area contributed by atoms with Crippen LogP contribution in [-0.4, -0.2) is 35.7 Å². The van der Waals surface area contributed by atoms with E-state index in [1.54, 1.807) is 0 Å². The van der Waals surface area contributed by atoms with Gasteiger partial charge in [0.2, 0.25) is 0 Å². The Labute approximate surface area is 144 Å². The summed E-state index contributed by atoms with van der Waals surface area (Å²) in [4.78, 5) is 11.3. The van der Waals surface area contributed by atoms with Gasteiger partial charge in [-0.15, -0.1) is 8.78 Å². The molecule has 0 bridgehead atoms. The molecule has 1 atom stereocenters. The fourth-order valence-electron chi connectivity index (χ4n) is 2.81. The van der Waals surface area contributed by atoms with Crippen molar-refractivity contribution in [1.82, 2.24) is 0 Å². The molecule has 9 heteroatoms. The smallest absolute Gasteiger partial charge is 0.481 e. The van der Waals surface area contributed by atoms with E-state index < -0.39 is 36.4 Å². The van der Waals surface area contributed by atoms with Crippen molar-refractivity contribution in [2.24, 2.45) is 0 Å². The summed E-state index contributed by atoms with van der Waals surface area (Å²) in [5.74, 6) is -1.99. The number of halogens is 2. The number of carbonyl (C=O) groups is 1. The highest BCUT2D eigenvalue weighted by Crippen LogP contribution is 2.45. The van der Waals surface area contributed by atoms with E-state index in [2.05, 4.69) is 9.47 Å². The fourth-order valence-corrected chi connectivity index (χ4v) is 2.81. The van der Waals surface area contributed by atoms with Crippen molar-refractivity contribution < 1.29 is 37.5 Å². The predicted octanol–water partition coefficient (Wildman–Crippen LogP) is 3.20. The van der Waals surface area contributed by atoms with E-state index in [0.717, 1.165) is 0 Å². The lowest BCUT2D eigenvalue weighted by Gasteiger charge is -2.32. The largest absolute Gasteiger partial charge is 0.586 e. The van der Waals surface area contributed by atoms with Crippen LogP contribution in [0.25, 0.3) is 0 Å². The number of ether oxygens (including phenoxy) is 2. The number of hydrogen-bond donors (Lipinski definition) is 1. The molecule has 1 saturated heterocycles. The molecule has 2 aliphatic rings. The van der Waals surface area contributed by atoms with Crippen LogP contribution in [-0.2, 0) is 14.1 Å². The molecule has 1 aromatic rings. The topological polar surface area (TPSA) is 74.2 Å². The van der Waals surface area contributed by atoms with E-state index >= 15 is 0 Å². The summed E-state index contributed by atoms with van der Waals surface area (Å²) in [6, 6.07) is 4.18. The first-order valence-corrected chi connectivity index (χ1v) is 7.87. The summed E-state index contributed by atoms with van der Waals surface area (Å²) in [6.45, 7) is 7.41. The summed E-state index contributed by atoms with van der Waals surface area (Å²) in [6.07, 6.45) is -4.01. The van der Waals surface area contributed by atoms with Crippen molar-refractivity contribution in [2.75, 3.05) is 0 Å². The zero-order valence-electron chi connectivity index (χ0n) is 14.3. The number of hydrogen-bond acceptors (Lipinski definition) is 5. The van der Waals surface area contributed by atoms with Crippen LogP contribution in [0.3, 0.4) is 0 Å². The molecular formula is C16H19BF2O6. The van der Waals surface area contributed by atoms with E-state index in [0.29, 0.717) is 5.56 Å². The first-order valence-electron chi connectivity index (χ1n) is 7.87. The van der Waals surface area contributed by atoms with Crippen LogP contribution >= 0.6 is 0 Å². The summed E-state index contributed by atoms with van der Waals surface area (Å²) in [5.41, 5.74) is -0.823. The first kappa shape index (κ1) is 17.9. The number of alkyl halides is 2. The van der Waals surface area contributed by atoms with Crippen molar-refractivity contribution >= 4 is 13.1 Å². The lowest BCUT2D eigenvalue weighted by molar-refractivity contribution is -0.286. The van der Waals surface area contributed by atoms with Crippen molar-refractivity contribution in [3.8, 4) is 11.5 Å². The zero-order chi connectivity index (χ0) is 18.6. The van der Waals surface area contributed by atoms with Crippen LogP contribution in [0.5, 0.6) is 11.5 Å². The van der Waals surface area contributed by atoms with Crippen LogP contribution in [0.2, 0.25) is 0 Å². The van der Waals surface area contributed by atoms with Gasteiger partial charge >= 0.3 is 19.4 Å². The number of rotatable bonds is 4. The van der Waals surface area contributed by atoms with E-state index in [1.165, 1.54) is 18.2 Å². The van der Waals surface area contributed by atoms with Gasteiger partial charge in [0.1, 0.15) is 0 Å². The second kappa shape index (κ2) is 5.57. The van der Waals surface area contributed by atoms with Gasteiger partial charge in [-0.05, 0) is 45.4 Å². The third kappa shape index (κ3) is 3.30. The monoisotopic (exact) mass is 356 g/mol. The van der Waals surface area contributed by atoms with E-state index in [1.807, 2.05) is 27.7 Å². The Morgan fingerprint density at radius 2 is 1.68 bits per heavy atom. The molecule has 0 saturated carbocycles. The van der Waals surface area contributed by atoms with Gasteiger partial charge < -0.3 is 23.9 Å². The Kier molecular flexibility index (Phi) is 4.00. The summed E-state index contributed by atoms with van der Waals surface area (Å²) in [5, 5.41) is 9.26. The normalized spacial score (nSPS) is 23.5. The summed E-state index contributed by atoms with van der Waals surface area (Å²) >= 11 is 0. The van der Waals surface area contributed by atoms with Gasteiger partial charge in [-0.2, -0.15) is 0 Å². The molecule has 136 valence electrons. The number of fused-ring (bicyclic) bond motifs is 1. The molecule has 1 unspecified atom stereocenters. The Balaban J connectivity index is 1.92. The van der Waals surface area contributed by atoms with E-state index in [4.69, 9.17) is 9.31 Å². The Morgan fingerprint density at radius 3 is 2.24 bits per heavy atom. The molecule has 0 aromatic heterocycles. The van der Waals surface area contributed by atoms with Gasteiger partial charge in [-0.3, -0.25) is 4.79 Å². The quantitative estimate of drug-likeness (QED) is 0.836. The standard InChI is InChI=1S/C16H19BF2O6/c1-14(2)15(3,4)25-17(24-14)10(8-13(20)21)9-5-6-11-12(7-9)23-16(18,19)22-11/h5-7,10H,8H2,1-4H3,(H,20,21). The number of carboxylic acid groups (broad SMARTS) is 1. The Morgan fingerprint density at radius 1 is 1.12 bits per heavy atom. The highest BCUT2D eigenvalue weighted by molar-refractivity contribution is 6.48. The second-order valence-electron chi connectivity index (χ2n) is 7.20. The van der Waals surface area contributed by atoms with Gasteiger partial charge in [0.15, 0.2) is 11.5 Å². The van der Waals surface area contributed by atoms with Crippen LogP contribution in [0.15, 0.2) is 18.2 Å². The zero-order valence-corrected chi connectivity index (χ0v) is 14.3. The molecule has 0 amide bonds. The van der Waals surface area contributed by atoms with Crippen molar-refractivity contribution in [1.29, 1.82) is 0 Å². The van der Waals surface area contributed by atoms with E-state index in [9.17, 15) is 18.7 Å². The Bertz CT molecular complexity index is 690. The Hall–Kier alpha value is -1.87. The number of aliphatic carboxylic acids is 1. The molecule has 3 rings (SSSR count). The minimum absolute atomic E-state index is 0.100. The molecule has 25 heavy (non-hydrogen) atoms. The van der Waals surface area contributed by atoms with Crippen LogP contribution in [0, 0.1) is 0 Å². The number of carboxylic acids is 1. The molecule has 2 aliphatic heterocycles. The predicted molar refractivity (Wildman–Crippen MR) is 83.7 cm³/mol.